The van der Waals surface area contributed by atoms with Crippen LogP contribution in [0.3, 0.4) is 0 Å². The molecule has 2 rings (SSSR count). The Hall–Kier alpha value is -0.610. The van der Waals surface area contributed by atoms with E-state index in [9.17, 15) is 4.79 Å². The SMILES string of the molecule is CC1(C(N)=O)CCCN1C1CCNCC1. The molecule has 0 radical (unpaired) electrons. The molecular weight excluding hydrogens is 190 g/mol. The number of piperidine rings is 1. The normalized spacial score (nSPS) is 34.5. The van der Waals surface area contributed by atoms with Crippen LogP contribution < -0.4 is 11.1 Å². The number of amides is 1. The van der Waals surface area contributed by atoms with E-state index in [0.717, 1.165) is 45.3 Å². The van der Waals surface area contributed by atoms with Crippen LogP contribution in [0.4, 0.5) is 0 Å². The molecule has 2 aliphatic heterocycles. The van der Waals surface area contributed by atoms with Gasteiger partial charge in [0.1, 0.15) is 0 Å². The smallest absolute Gasteiger partial charge is 0.237 e. The molecule has 3 N–H and O–H groups in total. The lowest BCUT2D eigenvalue weighted by molar-refractivity contribution is -0.129. The highest BCUT2D eigenvalue weighted by Crippen LogP contribution is 2.32. The van der Waals surface area contributed by atoms with E-state index in [-0.39, 0.29) is 11.4 Å². The van der Waals surface area contributed by atoms with E-state index >= 15 is 0 Å². The van der Waals surface area contributed by atoms with Crippen molar-refractivity contribution in [3.8, 4) is 0 Å². The number of likely N-dealkylation sites (tertiary alicyclic amines) is 1. The standard InChI is InChI=1S/C11H21N3O/c1-11(10(12)15)5-2-8-14(11)9-3-6-13-7-4-9/h9,13H,2-8H2,1H3,(H2,12,15). The number of nitrogens with one attached hydrogen (secondary N) is 1. The fourth-order valence-corrected chi connectivity index (χ4v) is 2.95. The van der Waals surface area contributed by atoms with E-state index in [1.54, 1.807) is 0 Å². The van der Waals surface area contributed by atoms with Crippen molar-refractivity contribution in [2.24, 2.45) is 5.73 Å². The molecule has 1 atom stereocenters. The Labute approximate surface area is 91.2 Å². The first-order chi connectivity index (χ1) is 7.14. The molecule has 2 fully saturated rings. The van der Waals surface area contributed by atoms with E-state index in [1.165, 1.54) is 0 Å². The molecule has 4 heteroatoms. The predicted octanol–water partition coefficient (Wildman–Crippen LogP) is 0.0782. The maximum atomic E-state index is 11.5. The van der Waals surface area contributed by atoms with Crippen molar-refractivity contribution in [2.45, 2.75) is 44.2 Å². The fraction of sp³-hybridized carbons (Fsp3) is 0.909. The zero-order valence-corrected chi connectivity index (χ0v) is 9.46. The van der Waals surface area contributed by atoms with Gasteiger partial charge >= 0.3 is 0 Å². The third kappa shape index (κ3) is 1.88. The van der Waals surface area contributed by atoms with Crippen molar-refractivity contribution in [3.05, 3.63) is 0 Å². The van der Waals surface area contributed by atoms with E-state index in [0.29, 0.717) is 6.04 Å². The molecule has 2 aliphatic rings. The van der Waals surface area contributed by atoms with Crippen LogP contribution >= 0.6 is 0 Å². The highest BCUT2D eigenvalue weighted by molar-refractivity contribution is 5.84. The van der Waals surface area contributed by atoms with E-state index in [4.69, 9.17) is 5.73 Å². The van der Waals surface area contributed by atoms with Crippen molar-refractivity contribution >= 4 is 5.91 Å². The molecule has 0 aliphatic carbocycles. The van der Waals surface area contributed by atoms with Gasteiger partial charge in [0.2, 0.25) is 5.91 Å². The number of carbonyl (C=O) groups excluding carboxylic acids is 1. The van der Waals surface area contributed by atoms with Crippen LogP contribution in [0.15, 0.2) is 0 Å². The average Bonchev–Trinajstić information content (AvgIpc) is 2.63. The molecule has 0 spiro atoms. The second kappa shape index (κ2) is 4.10. The quantitative estimate of drug-likeness (QED) is 0.680. The van der Waals surface area contributed by atoms with Crippen molar-refractivity contribution < 1.29 is 4.79 Å². The van der Waals surface area contributed by atoms with E-state index in [1.807, 2.05) is 6.92 Å². The first-order valence-corrected chi connectivity index (χ1v) is 5.92. The summed E-state index contributed by atoms with van der Waals surface area (Å²) in [6, 6.07) is 0.547. The van der Waals surface area contributed by atoms with Crippen LogP contribution in [0.25, 0.3) is 0 Å². The van der Waals surface area contributed by atoms with Crippen LogP contribution in [0.5, 0.6) is 0 Å². The third-order valence-electron chi connectivity index (χ3n) is 3.98. The lowest BCUT2D eigenvalue weighted by Crippen LogP contribution is -2.57. The summed E-state index contributed by atoms with van der Waals surface area (Å²) in [4.78, 5) is 13.9. The Balaban J connectivity index is 2.09. The number of nitrogens with zero attached hydrogens (tertiary/aromatic N) is 1. The number of hydrogen-bond donors (Lipinski definition) is 2. The van der Waals surface area contributed by atoms with Gasteiger partial charge in [0.15, 0.2) is 0 Å². The van der Waals surface area contributed by atoms with Crippen molar-refractivity contribution in [2.75, 3.05) is 19.6 Å². The third-order valence-corrected chi connectivity index (χ3v) is 3.98. The minimum absolute atomic E-state index is 0.154. The van der Waals surface area contributed by atoms with Crippen molar-refractivity contribution in [1.29, 1.82) is 0 Å². The summed E-state index contributed by atoms with van der Waals surface area (Å²) < 4.78 is 0. The summed E-state index contributed by atoms with van der Waals surface area (Å²) in [5.74, 6) is -0.154. The predicted molar refractivity (Wildman–Crippen MR) is 59.4 cm³/mol. The summed E-state index contributed by atoms with van der Waals surface area (Å²) in [5, 5.41) is 3.35. The molecule has 15 heavy (non-hydrogen) atoms. The Kier molecular flexibility index (Phi) is 2.98. The molecule has 0 bridgehead atoms. The molecule has 0 aromatic heterocycles. The van der Waals surface area contributed by atoms with Gasteiger partial charge in [0.25, 0.3) is 0 Å². The Morgan fingerprint density at radius 3 is 2.73 bits per heavy atom. The number of primary amides is 1. The van der Waals surface area contributed by atoms with Crippen molar-refractivity contribution in [1.82, 2.24) is 10.2 Å². The van der Waals surface area contributed by atoms with Crippen LogP contribution in [0.1, 0.15) is 32.6 Å². The Bertz CT molecular complexity index is 250. The first-order valence-electron chi connectivity index (χ1n) is 5.92. The molecule has 4 nitrogen and oxygen atoms in total. The summed E-state index contributed by atoms with van der Waals surface area (Å²) in [5.41, 5.74) is 5.15. The summed E-state index contributed by atoms with van der Waals surface area (Å²) >= 11 is 0. The average molecular weight is 211 g/mol. The Morgan fingerprint density at radius 1 is 1.47 bits per heavy atom. The van der Waals surface area contributed by atoms with Gasteiger partial charge in [0, 0.05) is 6.04 Å². The first kappa shape index (κ1) is 10.9. The van der Waals surface area contributed by atoms with Gasteiger partial charge in [0.05, 0.1) is 5.54 Å². The lowest BCUT2D eigenvalue weighted by atomic mass is 9.94. The highest BCUT2D eigenvalue weighted by Gasteiger charge is 2.44. The second-order valence-corrected chi connectivity index (χ2v) is 4.92. The van der Waals surface area contributed by atoms with Crippen molar-refractivity contribution in [3.63, 3.8) is 0 Å². The zero-order valence-electron chi connectivity index (χ0n) is 9.46. The molecule has 2 heterocycles. The van der Waals surface area contributed by atoms with Crippen LogP contribution in [0, 0.1) is 0 Å². The maximum Gasteiger partial charge on any atom is 0.237 e. The largest absolute Gasteiger partial charge is 0.368 e. The van der Waals surface area contributed by atoms with Gasteiger partial charge in [-0.3, -0.25) is 9.69 Å². The molecule has 2 saturated heterocycles. The minimum Gasteiger partial charge on any atom is -0.368 e. The van der Waals surface area contributed by atoms with Gasteiger partial charge in [-0.1, -0.05) is 0 Å². The topological polar surface area (TPSA) is 58.4 Å². The number of hydrogen-bond acceptors (Lipinski definition) is 3. The van der Waals surface area contributed by atoms with Gasteiger partial charge in [-0.15, -0.1) is 0 Å². The summed E-state index contributed by atoms with van der Waals surface area (Å²) in [7, 11) is 0. The highest BCUT2D eigenvalue weighted by atomic mass is 16.1. The van der Waals surface area contributed by atoms with Gasteiger partial charge in [-0.2, -0.15) is 0 Å². The monoisotopic (exact) mass is 211 g/mol. The zero-order chi connectivity index (χ0) is 10.9. The number of rotatable bonds is 2. The van der Waals surface area contributed by atoms with E-state index in [2.05, 4.69) is 10.2 Å². The maximum absolute atomic E-state index is 11.5. The second-order valence-electron chi connectivity index (χ2n) is 4.92. The van der Waals surface area contributed by atoms with Crippen LogP contribution in [-0.4, -0.2) is 42.0 Å². The van der Waals surface area contributed by atoms with Gasteiger partial charge < -0.3 is 11.1 Å². The molecule has 0 saturated carbocycles. The number of carbonyl (C=O) groups is 1. The summed E-state index contributed by atoms with van der Waals surface area (Å²) in [6.45, 7) is 5.17. The van der Waals surface area contributed by atoms with Crippen LogP contribution in [0.2, 0.25) is 0 Å². The number of nitrogens with two attached hydrogens (primary N) is 1. The minimum atomic E-state index is -0.387. The molecule has 1 amide bonds. The van der Waals surface area contributed by atoms with Gasteiger partial charge in [-0.25, -0.2) is 0 Å². The van der Waals surface area contributed by atoms with E-state index < -0.39 is 0 Å². The molecule has 0 aromatic rings. The summed E-state index contributed by atoms with van der Waals surface area (Å²) in [6.07, 6.45) is 4.31. The molecule has 0 aromatic carbocycles. The fourth-order valence-electron chi connectivity index (χ4n) is 2.95. The van der Waals surface area contributed by atoms with Crippen LogP contribution in [-0.2, 0) is 4.79 Å². The lowest BCUT2D eigenvalue weighted by Gasteiger charge is -2.40. The Morgan fingerprint density at radius 2 is 2.13 bits per heavy atom. The molecule has 86 valence electrons. The van der Waals surface area contributed by atoms with Gasteiger partial charge in [-0.05, 0) is 52.2 Å². The molecule has 1 unspecified atom stereocenters. The molecular formula is C11H21N3O.